The maximum absolute atomic E-state index is 14.4. The lowest BCUT2D eigenvalue weighted by Gasteiger charge is -2.40. The zero-order valence-electron chi connectivity index (χ0n) is 25.7. The van der Waals surface area contributed by atoms with Crippen LogP contribution in [0.4, 0.5) is 25.0 Å². The van der Waals surface area contributed by atoms with E-state index in [0.29, 0.717) is 49.3 Å². The molecule has 0 bridgehead atoms. The minimum absolute atomic E-state index is 0.169. The number of hydrogen-bond acceptors (Lipinski definition) is 7. The van der Waals surface area contributed by atoms with Crippen molar-refractivity contribution in [2.24, 2.45) is 0 Å². The van der Waals surface area contributed by atoms with Crippen molar-refractivity contribution in [3.05, 3.63) is 76.4 Å². The summed E-state index contributed by atoms with van der Waals surface area (Å²) in [5.41, 5.74) is 0.623. The summed E-state index contributed by atoms with van der Waals surface area (Å²) in [5.74, 6) is -2.08. The summed E-state index contributed by atoms with van der Waals surface area (Å²) in [5, 5.41) is 7.82. The topological polar surface area (TPSA) is 142 Å². The highest BCUT2D eigenvalue weighted by Gasteiger charge is 2.29. The molecule has 1 aliphatic rings. The molecule has 0 radical (unpaired) electrons. The van der Waals surface area contributed by atoms with E-state index in [2.05, 4.69) is 37.5 Å². The number of rotatable bonds is 12. The number of nitrogens with one attached hydrogen (secondary N) is 4. The Labute approximate surface area is 272 Å². The molecule has 3 amide bonds. The lowest BCUT2D eigenvalue weighted by atomic mass is 9.93. The number of aromatic nitrogens is 1. The Morgan fingerprint density at radius 2 is 1.91 bits per heavy atom. The van der Waals surface area contributed by atoms with Crippen molar-refractivity contribution in [3.63, 3.8) is 0 Å². The lowest BCUT2D eigenvalue weighted by Crippen LogP contribution is -2.50. The van der Waals surface area contributed by atoms with E-state index in [0.717, 1.165) is 37.1 Å². The number of benzene rings is 2. The molecule has 15 heteroatoms. The molecular weight excluding hydrogens is 642 g/mol. The molecule has 2 aromatic carbocycles. The maximum Gasteiger partial charge on any atom is 0.319 e. The molecule has 1 fully saturated rings. The molecule has 248 valence electrons. The molecule has 1 aromatic heterocycles. The molecule has 0 spiro atoms. The third kappa shape index (κ3) is 9.74. The van der Waals surface area contributed by atoms with Crippen molar-refractivity contribution in [1.29, 1.82) is 0 Å². The Hall–Kier alpha value is -4.01. The van der Waals surface area contributed by atoms with Gasteiger partial charge < -0.3 is 20.7 Å². The second-order valence-corrected chi connectivity index (χ2v) is 13.3. The van der Waals surface area contributed by atoms with Gasteiger partial charge in [0.2, 0.25) is 15.9 Å². The van der Waals surface area contributed by atoms with Gasteiger partial charge in [0.25, 0.3) is 5.91 Å². The number of anilines is 2. The Bertz CT molecular complexity index is 1660. The number of ether oxygens (including phenoxy) is 1. The van der Waals surface area contributed by atoms with Crippen LogP contribution in [0, 0.1) is 11.6 Å². The SMILES string of the molecule is CCCCC1CC(NC(=O)Nc2cc(C(=O)NC)c(F)cc2F)CCN1Cc1ccc(Oc2ccc(NS(C)(=O)=O)cc2Cl)nc1. The molecule has 2 heterocycles. The smallest absolute Gasteiger partial charge is 0.319 e. The highest BCUT2D eigenvalue weighted by molar-refractivity contribution is 7.92. The number of halogens is 3. The molecule has 11 nitrogen and oxygen atoms in total. The molecule has 1 saturated heterocycles. The zero-order chi connectivity index (χ0) is 33.4. The summed E-state index contributed by atoms with van der Waals surface area (Å²) in [6, 6.07) is 9.11. The third-order valence-corrected chi connectivity index (χ3v) is 8.38. The van der Waals surface area contributed by atoms with Crippen LogP contribution < -0.4 is 25.4 Å². The lowest BCUT2D eigenvalue weighted by molar-refractivity contribution is 0.0959. The van der Waals surface area contributed by atoms with Crippen LogP contribution in [-0.2, 0) is 16.6 Å². The largest absolute Gasteiger partial charge is 0.437 e. The molecule has 0 aliphatic carbocycles. The van der Waals surface area contributed by atoms with Crippen molar-refractivity contribution in [3.8, 4) is 11.6 Å². The molecule has 1 aliphatic heterocycles. The number of sulfonamides is 1. The zero-order valence-corrected chi connectivity index (χ0v) is 27.3. The first kappa shape index (κ1) is 34.9. The fourth-order valence-electron chi connectivity index (χ4n) is 5.25. The number of nitrogens with zero attached hydrogens (tertiary/aromatic N) is 2. The number of urea groups is 1. The summed E-state index contributed by atoms with van der Waals surface area (Å²) in [4.78, 5) is 31.4. The van der Waals surface area contributed by atoms with Crippen molar-refractivity contribution in [2.75, 3.05) is 29.9 Å². The van der Waals surface area contributed by atoms with Crippen LogP contribution >= 0.6 is 11.6 Å². The van der Waals surface area contributed by atoms with Crippen molar-refractivity contribution in [2.45, 2.75) is 57.7 Å². The van der Waals surface area contributed by atoms with Crippen LogP contribution in [-0.4, -0.2) is 62.2 Å². The Balaban J connectivity index is 1.35. The summed E-state index contributed by atoms with van der Waals surface area (Å²) in [6.07, 6.45) is 7.06. The number of piperidine rings is 1. The fraction of sp³-hybridized carbons (Fsp3) is 0.387. The van der Waals surface area contributed by atoms with Crippen LogP contribution in [0.1, 0.15) is 54.9 Å². The average molecular weight is 679 g/mol. The van der Waals surface area contributed by atoms with Gasteiger partial charge in [-0.1, -0.05) is 37.4 Å². The van der Waals surface area contributed by atoms with Crippen LogP contribution in [0.15, 0.2) is 48.7 Å². The number of carbonyl (C=O) groups is 2. The van der Waals surface area contributed by atoms with E-state index in [-0.39, 0.29) is 28.4 Å². The van der Waals surface area contributed by atoms with Crippen molar-refractivity contribution < 1.29 is 31.5 Å². The quantitative estimate of drug-likeness (QED) is 0.187. The van der Waals surface area contributed by atoms with E-state index < -0.39 is 33.6 Å². The molecule has 4 N–H and O–H groups in total. The van der Waals surface area contributed by atoms with E-state index in [1.54, 1.807) is 24.4 Å². The van der Waals surface area contributed by atoms with E-state index in [1.165, 1.54) is 13.1 Å². The van der Waals surface area contributed by atoms with Gasteiger partial charge in [-0.3, -0.25) is 14.4 Å². The van der Waals surface area contributed by atoms with Crippen LogP contribution in [0.25, 0.3) is 0 Å². The standard InChI is InChI=1S/C31H37ClF2N6O5S/c1-4-5-6-22-13-20(37-31(42)38-27-15-23(30(41)35-2)25(33)16-26(27)34)11-12-40(22)18-19-7-10-29(36-17-19)45-28-9-8-21(14-24(28)32)39-46(3,43)44/h7-10,14-17,20,22,39H,4-6,11-13,18H2,1-3H3,(H,35,41)(H2,37,38,42). The van der Waals surface area contributed by atoms with E-state index in [9.17, 15) is 26.8 Å². The van der Waals surface area contributed by atoms with Gasteiger partial charge in [0.15, 0.2) is 0 Å². The van der Waals surface area contributed by atoms with Crippen LogP contribution in [0.3, 0.4) is 0 Å². The summed E-state index contributed by atoms with van der Waals surface area (Å²) < 4.78 is 59.5. The van der Waals surface area contributed by atoms with Gasteiger partial charge in [-0.05, 0) is 49.1 Å². The third-order valence-electron chi connectivity index (χ3n) is 7.47. The predicted molar refractivity (Wildman–Crippen MR) is 173 cm³/mol. The molecule has 2 atom stereocenters. The second kappa shape index (κ2) is 15.5. The number of carbonyl (C=O) groups excluding carboxylic acids is 2. The van der Waals surface area contributed by atoms with Gasteiger partial charge in [0.1, 0.15) is 17.4 Å². The van der Waals surface area contributed by atoms with Gasteiger partial charge in [-0.25, -0.2) is 27.0 Å². The number of likely N-dealkylation sites (tertiary alicyclic amines) is 1. The van der Waals surface area contributed by atoms with Crippen LogP contribution in [0.5, 0.6) is 11.6 Å². The molecule has 4 rings (SSSR count). The minimum atomic E-state index is -3.44. The van der Waals surface area contributed by atoms with Crippen molar-refractivity contribution >= 4 is 44.9 Å². The molecule has 0 saturated carbocycles. The van der Waals surface area contributed by atoms with Gasteiger partial charge in [-0.2, -0.15) is 0 Å². The van der Waals surface area contributed by atoms with Gasteiger partial charge >= 0.3 is 6.03 Å². The molecular formula is C31H37ClF2N6O5S. The highest BCUT2D eigenvalue weighted by atomic mass is 35.5. The Morgan fingerprint density at radius 1 is 1.13 bits per heavy atom. The normalized spacial score (nSPS) is 16.8. The van der Waals surface area contributed by atoms with Gasteiger partial charge in [0, 0.05) is 50.6 Å². The van der Waals surface area contributed by atoms with E-state index in [4.69, 9.17) is 16.3 Å². The Kier molecular flexibility index (Phi) is 11.8. The first-order valence-corrected chi connectivity index (χ1v) is 17.0. The monoisotopic (exact) mass is 678 g/mol. The van der Waals surface area contributed by atoms with Crippen LogP contribution in [0.2, 0.25) is 5.02 Å². The first-order valence-electron chi connectivity index (χ1n) is 14.8. The maximum atomic E-state index is 14.4. The summed E-state index contributed by atoms with van der Waals surface area (Å²) in [7, 11) is -2.11. The Morgan fingerprint density at radius 3 is 2.57 bits per heavy atom. The summed E-state index contributed by atoms with van der Waals surface area (Å²) in [6.45, 7) is 3.45. The molecule has 2 unspecified atom stereocenters. The van der Waals surface area contributed by atoms with E-state index in [1.807, 2.05) is 6.07 Å². The minimum Gasteiger partial charge on any atom is -0.437 e. The predicted octanol–water partition coefficient (Wildman–Crippen LogP) is 5.88. The molecule has 3 aromatic rings. The fourth-order valence-corrected chi connectivity index (χ4v) is 6.02. The number of unbranched alkanes of at least 4 members (excludes halogenated alkanes) is 1. The van der Waals surface area contributed by atoms with E-state index >= 15 is 0 Å². The summed E-state index contributed by atoms with van der Waals surface area (Å²) >= 11 is 6.28. The number of pyridine rings is 1. The van der Waals surface area contributed by atoms with Gasteiger partial charge in [-0.15, -0.1) is 0 Å². The average Bonchev–Trinajstić information content (AvgIpc) is 2.99. The van der Waals surface area contributed by atoms with Crippen molar-refractivity contribution in [1.82, 2.24) is 20.5 Å². The van der Waals surface area contributed by atoms with Gasteiger partial charge in [0.05, 0.1) is 28.2 Å². The highest BCUT2D eigenvalue weighted by Crippen LogP contribution is 2.32. The second-order valence-electron chi connectivity index (χ2n) is 11.1. The number of amides is 3. The molecule has 46 heavy (non-hydrogen) atoms. The first-order chi connectivity index (χ1) is 21.8. The number of hydrogen-bond donors (Lipinski definition) is 4.